The van der Waals surface area contributed by atoms with E-state index < -0.39 is 27.4 Å². The Hall–Kier alpha value is -2.67. The Morgan fingerprint density at radius 2 is 1.77 bits per heavy atom. The maximum Gasteiger partial charge on any atom is 0.340 e. The molecule has 2 aromatic rings. The number of aromatic carboxylic acids is 1. The molecular formula is C15H12FNO4S. The van der Waals surface area contributed by atoms with Crippen LogP contribution in [0.25, 0.3) is 6.08 Å². The molecule has 0 aromatic heterocycles. The number of halogens is 1. The van der Waals surface area contributed by atoms with Gasteiger partial charge in [0.25, 0.3) is 10.0 Å². The van der Waals surface area contributed by atoms with Gasteiger partial charge in [-0.3, -0.25) is 4.72 Å². The van der Waals surface area contributed by atoms with Crippen LogP contribution in [0.3, 0.4) is 0 Å². The lowest BCUT2D eigenvalue weighted by Crippen LogP contribution is -2.13. The van der Waals surface area contributed by atoms with Crippen molar-refractivity contribution in [1.82, 2.24) is 0 Å². The van der Waals surface area contributed by atoms with Crippen molar-refractivity contribution >= 4 is 27.8 Å². The first-order valence-corrected chi connectivity index (χ1v) is 7.71. The summed E-state index contributed by atoms with van der Waals surface area (Å²) in [6, 6.07) is 12.0. The van der Waals surface area contributed by atoms with Crippen LogP contribution in [-0.4, -0.2) is 19.5 Å². The summed E-state index contributed by atoms with van der Waals surface area (Å²) in [4.78, 5) is 11.0. The highest BCUT2D eigenvalue weighted by atomic mass is 32.2. The molecule has 0 aliphatic rings. The summed E-state index contributed by atoms with van der Waals surface area (Å²) in [5, 5.41) is 9.85. The maximum atomic E-state index is 13.5. The molecular weight excluding hydrogens is 309 g/mol. The van der Waals surface area contributed by atoms with Gasteiger partial charge in [-0.25, -0.2) is 17.6 Å². The van der Waals surface area contributed by atoms with E-state index in [2.05, 4.69) is 0 Å². The van der Waals surface area contributed by atoms with Crippen LogP contribution in [0.1, 0.15) is 15.9 Å². The number of carboxylic acids is 1. The van der Waals surface area contributed by atoms with Gasteiger partial charge in [0, 0.05) is 0 Å². The summed E-state index contributed by atoms with van der Waals surface area (Å²) >= 11 is 0. The molecule has 2 N–H and O–H groups in total. The quantitative estimate of drug-likeness (QED) is 0.887. The number of hydrogen-bond donors (Lipinski definition) is 2. The molecule has 2 aromatic carbocycles. The van der Waals surface area contributed by atoms with E-state index in [1.807, 2.05) is 4.72 Å². The maximum absolute atomic E-state index is 13.5. The highest BCUT2D eigenvalue weighted by Crippen LogP contribution is 2.20. The van der Waals surface area contributed by atoms with Gasteiger partial charge in [0.1, 0.15) is 11.4 Å². The van der Waals surface area contributed by atoms with Crippen molar-refractivity contribution in [1.29, 1.82) is 0 Å². The van der Waals surface area contributed by atoms with Gasteiger partial charge >= 0.3 is 5.97 Å². The summed E-state index contributed by atoms with van der Waals surface area (Å²) in [7, 11) is -3.97. The van der Waals surface area contributed by atoms with Crippen LogP contribution < -0.4 is 4.72 Å². The molecule has 0 heterocycles. The number of anilines is 1. The Morgan fingerprint density at radius 3 is 2.41 bits per heavy atom. The zero-order valence-electron chi connectivity index (χ0n) is 11.2. The van der Waals surface area contributed by atoms with Crippen molar-refractivity contribution in [3.05, 3.63) is 70.9 Å². The molecule has 0 fully saturated rings. The smallest absolute Gasteiger partial charge is 0.340 e. The van der Waals surface area contributed by atoms with Crippen molar-refractivity contribution in [2.75, 3.05) is 4.72 Å². The van der Waals surface area contributed by atoms with Crippen molar-refractivity contribution in [2.24, 2.45) is 0 Å². The minimum atomic E-state index is -3.97. The number of carboxylic acid groups (broad SMARTS) is 1. The molecule has 2 rings (SSSR count). The van der Waals surface area contributed by atoms with E-state index in [1.54, 1.807) is 30.3 Å². The van der Waals surface area contributed by atoms with Gasteiger partial charge in [-0.2, -0.15) is 0 Å². The normalized spacial score (nSPS) is 11.5. The molecule has 0 aliphatic heterocycles. The summed E-state index contributed by atoms with van der Waals surface area (Å²) in [5.41, 5.74) is -0.394. The van der Waals surface area contributed by atoms with E-state index in [1.165, 1.54) is 18.2 Å². The van der Waals surface area contributed by atoms with Crippen LogP contribution >= 0.6 is 0 Å². The first-order valence-electron chi connectivity index (χ1n) is 6.17. The zero-order chi connectivity index (χ0) is 16.2. The Bertz CT molecular complexity index is 817. The Morgan fingerprint density at radius 1 is 1.09 bits per heavy atom. The SMILES string of the molecule is O=C(O)c1c(F)cccc1NS(=O)(=O)/C=C\c1ccccc1. The molecule has 114 valence electrons. The van der Waals surface area contributed by atoms with Gasteiger partial charge in [-0.05, 0) is 23.8 Å². The van der Waals surface area contributed by atoms with Gasteiger partial charge in [-0.15, -0.1) is 0 Å². The standard InChI is InChI=1S/C15H12FNO4S/c16-12-7-4-8-13(14(12)15(18)19)17-22(20,21)10-9-11-5-2-1-3-6-11/h1-10,17H,(H,18,19)/b10-9-. The van der Waals surface area contributed by atoms with Crippen molar-refractivity contribution in [3.63, 3.8) is 0 Å². The molecule has 0 saturated heterocycles. The third-order valence-corrected chi connectivity index (χ3v) is 3.72. The van der Waals surface area contributed by atoms with Gasteiger partial charge in [0.15, 0.2) is 0 Å². The van der Waals surface area contributed by atoms with Crippen molar-refractivity contribution in [2.45, 2.75) is 0 Å². The van der Waals surface area contributed by atoms with Crippen molar-refractivity contribution < 1.29 is 22.7 Å². The minimum absolute atomic E-state index is 0.329. The van der Waals surface area contributed by atoms with Crippen molar-refractivity contribution in [3.8, 4) is 0 Å². The first kappa shape index (κ1) is 15.7. The van der Waals surface area contributed by atoms with Crippen LogP contribution in [-0.2, 0) is 10.0 Å². The van der Waals surface area contributed by atoms with Crippen LogP contribution in [0.5, 0.6) is 0 Å². The molecule has 0 amide bonds. The number of rotatable bonds is 5. The minimum Gasteiger partial charge on any atom is -0.478 e. The third kappa shape index (κ3) is 3.92. The highest BCUT2D eigenvalue weighted by Gasteiger charge is 2.18. The predicted octanol–water partition coefficient (Wildman–Crippen LogP) is 2.94. The summed E-state index contributed by atoms with van der Waals surface area (Å²) in [6.45, 7) is 0. The number of hydrogen-bond acceptors (Lipinski definition) is 3. The van der Waals surface area contributed by atoms with Crippen LogP contribution in [0.4, 0.5) is 10.1 Å². The van der Waals surface area contributed by atoms with Gasteiger partial charge in [0.2, 0.25) is 0 Å². The van der Waals surface area contributed by atoms with Crippen LogP contribution in [0, 0.1) is 5.82 Å². The fourth-order valence-corrected chi connectivity index (χ4v) is 2.63. The van der Waals surface area contributed by atoms with Crippen LogP contribution in [0.2, 0.25) is 0 Å². The number of carbonyl (C=O) groups is 1. The average molecular weight is 321 g/mol. The Kier molecular flexibility index (Phi) is 4.57. The molecule has 22 heavy (non-hydrogen) atoms. The second kappa shape index (κ2) is 6.40. The summed E-state index contributed by atoms with van der Waals surface area (Å²) in [6.07, 6.45) is 1.35. The van der Waals surface area contributed by atoms with E-state index in [0.29, 0.717) is 5.56 Å². The fourth-order valence-electron chi connectivity index (χ4n) is 1.75. The Labute approximate surface area is 126 Å². The first-order chi connectivity index (χ1) is 10.4. The van der Waals surface area contributed by atoms with E-state index in [-0.39, 0.29) is 5.69 Å². The highest BCUT2D eigenvalue weighted by molar-refractivity contribution is 7.95. The molecule has 0 atom stereocenters. The number of nitrogens with one attached hydrogen (secondary N) is 1. The molecule has 0 aliphatic carbocycles. The fraction of sp³-hybridized carbons (Fsp3) is 0. The lowest BCUT2D eigenvalue weighted by atomic mass is 10.2. The molecule has 5 nitrogen and oxygen atoms in total. The van der Waals surface area contributed by atoms with Gasteiger partial charge in [-0.1, -0.05) is 36.4 Å². The van der Waals surface area contributed by atoms with E-state index in [4.69, 9.17) is 5.11 Å². The number of benzene rings is 2. The second-order valence-corrected chi connectivity index (χ2v) is 5.89. The topological polar surface area (TPSA) is 83.5 Å². The van der Waals surface area contributed by atoms with E-state index in [0.717, 1.165) is 11.5 Å². The van der Waals surface area contributed by atoms with Gasteiger partial charge in [0.05, 0.1) is 11.1 Å². The lowest BCUT2D eigenvalue weighted by molar-refractivity contribution is 0.0693. The number of sulfonamides is 1. The average Bonchev–Trinajstić information content (AvgIpc) is 2.45. The van der Waals surface area contributed by atoms with Crippen LogP contribution in [0.15, 0.2) is 53.9 Å². The molecule has 7 heteroatoms. The van der Waals surface area contributed by atoms with Gasteiger partial charge < -0.3 is 5.11 Å². The molecule has 0 saturated carbocycles. The lowest BCUT2D eigenvalue weighted by Gasteiger charge is -2.08. The molecule has 0 radical (unpaired) electrons. The van der Waals surface area contributed by atoms with E-state index >= 15 is 0 Å². The molecule has 0 spiro atoms. The second-order valence-electron chi connectivity index (χ2n) is 4.33. The zero-order valence-corrected chi connectivity index (χ0v) is 12.0. The summed E-state index contributed by atoms with van der Waals surface area (Å²) < 4.78 is 39.4. The largest absolute Gasteiger partial charge is 0.478 e. The predicted molar refractivity (Wildman–Crippen MR) is 81.4 cm³/mol. The molecule has 0 bridgehead atoms. The Balaban J connectivity index is 2.29. The summed E-state index contributed by atoms with van der Waals surface area (Å²) in [5.74, 6) is -2.57. The van der Waals surface area contributed by atoms with E-state index in [9.17, 15) is 17.6 Å². The monoisotopic (exact) mass is 321 g/mol. The molecule has 0 unspecified atom stereocenters. The third-order valence-electron chi connectivity index (χ3n) is 2.72.